The van der Waals surface area contributed by atoms with E-state index in [-0.39, 0.29) is 30.6 Å². The van der Waals surface area contributed by atoms with E-state index < -0.39 is 23.3 Å². The monoisotopic (exact) mass is 432 g/mol. The first-order chi connectivity index (χ1) is 14.8. The highest BCUT2D eigenvalue weighted by molar-refractivity contribution is 5.99. The molecule has 3 N–H and O–H groups in total. The van der Waals surface area contributed by atoms with Gasteiger partial charge in [0.2, 0.25) is 6.10 Å². The van der Waals surface area contributed by atoms with Gasteiger partial charge in [-0.2, -0.15) is 0 Å². The third kappa shape index (κ3) is 4.91. The van der Waals surface area contributed by atoms with Gasteiger partial charge in [0.15, 0.2) is 17.2 Å². The van der Waals surface area contributed by atoms with E-state index in [4.69, 9.17) is 19.9 Å². The second-order valence-electron chi connectivity index (χ2n) is 7.70. The van der Waals surface area contributed by atoms with Crippen LogP contribution in [-0.4, -0.2) is 48.4 Å². The lowest BCUT2D eigenvalue weighted by molar-refractivity contribution is -0.127. The van der Waals surface area contributed by atoms with Gasteiger partial charge in [0, 0.05) is 26.8 Å². The lowest BCUT2D eigenvalue weighted by Crippen LogP contribution is -2.50. The molecule has 3 rings (SSSR count). The molecule has 0 unspecified atom stereocenters. The molecular formula is C21H28N4O6. The Morgan fingerprint density at radius 2 is 2.03 bits per heavy atom. The Hall–Kier alpha value is -3.27. The van der Waals surface area contributed by atoms with Gasteiger partial charge >= 0.3 is 5.69 Å². The second kappa shape index (κ2) is 9.69. The number of benzene rings is 1. The number of para-hydroxylation sites is 2. The summed E-state index contributed by atoms with van der Waals surface area (Å²) >= 11 is 0. The van der Waals surface area contributed by atoms with Crippen LogP contribution in [0.15, 0.2) is 33.9 Å². The van der Waals surface area contributed by atoms with Crippen molar-refractivity contribution in [3.8, 4) is 11.5 Å². The van der Waals surface area contributed by atoms with Gasteiger partial charge in [-0.15, -0.1) is 0 Å². The number of nitrogens with zero attached hydrogens (tertiary/aromatic N) is 2. The maximum absolute atomic E-state index is 13.4. The fourth-order valence-corrected chi connectivity index (χ4v) is 3.40. The molecule has 0 fully saturated rings. The van der Waals surface area contributed by atoms with Crippen molar-refractivity contribution >= 4 is 17.4 Å². The van der Waals surface area contributed by atoms with Crippen molar-refractivity contribution in [1.29, 1.82) is 0 Å². The van der Waals surface area contributed by atoms with E-state index in [1.54, 1.807) is 31.4 Å². The Labute approximate surface area is 179 Å². The number of rotatable bonds is 8. The maximum Gasteiger partial charge on any atom is 0.330 e. The molecular weight excluding hydrogens is 404 g/mol. The third-order valence-corrected chi connectivity index (χ3v) is 4.81. The predicted molar refractivity (Wildman–Crippen MR) is 116 cm³/mol. The molecule has 0 spiro atoms. The van der Waals surface area contributed by atoms with E-state index in [0.29, 0.717) is 31.1 Å². The van der Waals surface area contributed by atoms with Crippen molar-refractivity contribution in [1.82, 2.24) is 9.55 Å². The molecule has 0 bridgehead atoms. The maximum atomic E-state index is 13.4. The number of carbonyl (C=O) groups is 1. The standard InChI is InChI=1S/C21H28N4O6/c1-13(2)11-25-18(22)17(19(26)23-21(25)28)24(9-6-10-29-3)20(27)16-12-30-14-7-4-5-8-15(14)31-16/h4-5,7-8,13,16H,6,9-12,22H2,1-3H3,(H,23,26,28)/t16-/m0/s1. The van der Waals surface area contributed by atoms with Gasteiger partial charge in [0.25, 0.3) is 11.5 Å². The van der Waals surface area contributed by atoms with Crippen molar-refractivity contribution in [3.63, 3.8) is 0 Å². The van der Waals surface area contributed by atoms with Crippen LogP contribution < -0.4 is 31.4 Å². The smallest absolute Gasteiger partial charge is 0.330 e. The number of methoxy groups -OCH3 is 1. The number of fused-ring (bicyclic) bond motifs is 1. The van der Waals surface area contributed by atoms with Crippen LogP contribution in [0.2, 0.25) is 0 Å². The number of ether oxygens (including phenoxy) is 3. The molecule has 1 aromatic carbocycles. The van der Waals surface area contributed by atoms with E-state index in [9.17, 15) is 14.4 Å². The number of hydrogen-bond donors (Lipinski definition) is 2. The average molecular weight is 432 g/mol. The van der Waals surface area contributed by atoms with Crippen LogP contribution in [0, 0.1) is 5.92 Å². The molecule has 2 heterocycles. The van der Waals surface area contributed by atoms with E-state index >= 15 is 0 Å². The van der Waals surface area contributed by atoms with Crippen LogP contribution in [0.4, 0.5) is 11.5 Å². The van der Waals surface area contributed by atoms with Crippen LogP contribution in [0.3, 0.4) is 0 Å². The normalized spacial score (nSPS) is 15.2. The number of carbonyl (C=O) groups excluding carboxylic acids is 1. The van der Waals surface area contributed by atoms with Gasteiger partial charge in [0.05, 0.1) is 0 Å². The highest BCUT2D eigenvalue weighted by Gasteiger charge is 2.34. The van der Waals surface area contributed by atoms with E-state index in [0.717, 1.165) is 0 Å². The summed E-state index contributed by atoms with van der Waals surface area (Å²) in [4.78, 5) is 42.0. The number of anilines is 2. The molecule has 0 saturated heterocycles. The second-order valence-corrected chi connectivity index (χ2v) is 7.70. The Morgan fingerprint density at radius 1 is 1.32 bits per heavy atom. The summed E-state index contributed by atoms with van der Waals surface area (Å²) in [5.41, 5.74) is 4.80. The number of H-pyrrole nitrogens is 1. The molecule has 31 heavy (non-hydrogen) atoms. The van der Waals surface area contributed by atoms with Crippen LogP contribution in [0.5, 0.6) is 11.5 Å². The van der Waals surface area contributed by atoms with E-state index in [2.05, 4.69) is 4.98 Å². The molecule has 0 radical (unpaired) electrons. The van der Waals surface area contributed by atoms with Gasteiger partial charge < -0.3 is 24.8 Å². The summed E-state index contributed by atoms with van der Waals surface area (Å²) in [6.07, 6.45) is -0.518. The number of hydrogen-bond acceptors (Lipinski definition) is 7. The zero-order chi connectivity index (χ0) is 22.5. The number of amides is 1. The lowest BCUT2D eigenvalue weighted by atomic mass is 10.2. The summed E-state index contributed by atoms with van der Waals surface area (Å²) in [5.74, 6) is 0.529. The van der Waals surface area contributed by atoms with Crippen LogP contribution in [-0.2, 0) is 16.1 Å². The molecule has 1 aromatic heterocycles. The molecule has 168 valence electrons. The van der Waals surface area contributed by atoms with Crippen molar-refractivity contribution in [2.45, 2.75) is 32.9 Å². The summed E-state index contributed by atoms with van der Waals surface area (Å²) in [6.45, 7) is 4.65. The van der Waals surface area contributed by atoms with Crippen molar-refractivity contribution in [2.24, 2.45) is 5.92 Å². The van der Waals surface area contributed by atoms with Gasteiger partial charge in [-0.1, -0.05) is 26.0 Å². The number of aromatic nitrogens is 2. The molecule has 1 atom stereocenters. The number of nitrogens with one attached hydrogen (secondary N) is 1. The number of nitrogens with two attached hydrogens (primary N) is 1. The first kappa shape index (κ1) is 22.4. The first-order valence-electron chi connectivity index (χ1n) is 10.1. The van der Waals surface area contributed by atoms with E-state index in [1.165, 1.54) is 9.47 Å². The van der Waals surface area contributed by atoms with Crippen molar-refractivity contribution in [3.05, 3.63) is 45.1 Å². The molecule has 10 heteroatoms. The van der Waals surface area contributed by atoms with Gasteiger partial charge in [0.1, 0.15) is 12.4 Å². The first-order valence-corrected chi connectivity index (χ1v) is 10.1. The highest BCUT2D eigenvalue weighted by Crippen LogP contribution is 2.32. The summed E-state index contributed by atoms with van der Waals surface area (Å²) in [6, 6.07) is 7.03. The van der Waals surface area contributed by atoms with Crippen LogP contribution >= 0.6 is 0 Å². The quantitative estimate of drug-likeness (QED) is 0.595. The Kier molecular flexibility index (Phi) is 7.01. The topological polar surface area (TPSA) is 129 Å². The minimum atomic E-state index is -0.971. The summed E-state index contributed by atoms with van der Waals surface area (Å²) in [5, 5.41) is 0. The molecule has 0 aliphatic carbocycles. The largest absolute Gasteiger partial charge is 0.485 e. The van der Waals surface area contributed by atoms with Crippen molar-refractivity contribution < 1.29 is 19.0 Å². The van der Waals surface area contributed by atoms with Gasteiger partial charge in [-0.25, -0.2) is 4.79 Å². The van der Waals surface area contributed by atoms with Crippen LogP contribution in [0.25, 0.3) is 0 Å². The predicted octanol–water partition coefficient (Wildman–Crippen LogP) is 0.984. The van der Waals surface area contributed by atoms with Crippen molar-refractivity contribution in [2.75, 3.05) is 37.5 Å². The van der Waals surface area contributed by atoms with E-state index in [1.807, 2.05) is 13.8 Å². The number of aromatic amines is 1. The van der Waals surface area contributed by atoms with Gasteiger partial charge in [-0.05, 0) is 24.5 Å². The SMILES string of the molecule is COCCCN(C(=O)[C@@H]1COc2ccccc2O1)c1c(N)n(CC(C)C)c(=O)[nH]c1=O. The Balaban J connectivity index is 1.99. The summed E-state index contributed by atoms with van der Waals surface area (Å²) < 4.78 is 17.8. The molecule has 1 aliphatic rings. The molecule has 0 saturated carbocycles. The van der Waals surface area contributed by atoms with Crippen LogP contribution in [0.1, 0.15) is 20.3 Å². The minimum absolute atomic E-state index is 0.0138. The molecule has 1 amide bonds. The fourth-order valence-electron chi connectivity index (χ4n) is 3.40. The molecule has 10 nitrogen and oxygen atoms in total. The molecule has 1 aliphatic heterocycles. The minimum Gasteiger partial charge on any atom is -0.485 e. The molecule has 2 aromatic rings. The Bertz CT molecular complexity index is 1040. The summed E-state index contributed by atoms with van der Waals surface area (Å²) in [7, 11) is 1.55. The fraction of sp³-hybridized carbons (Fsp3) is 0.476. The zero-order valence-corrected chi connectivity index (χ0v) is 17.9. The zero-order valence-electron chi connectivity index (χ0n) is 17.9. The van der Waals surface area contributed by atoms with Gasteiger partial charge in [-0.3, -0.25) is 19.1 Å². The third-order valence-electron chi connectivity index (χ3n) is 4.81. The Morgan fingerprint density at radius 3 is 2.71 bits per heavy atom. The highest BCUT2D eigenvalue weighted by atomic mass is 16.6. The lowest BCUT2D eigenvalue weighted by Gasteiger charge is -2.31. The average Bonchev–Trinajstić information content (AvgIpc) is 2.74. The number of nitrogen functional groups attached to an aromatic ring is 1.